The maximum atomic E-state index is 12.1. The predicted octanol–water partition coefficient (Wildman–Crippen LogP) is 2.61. The number of hydrogen-bond acceptors (Lipinski definition) is 2. The third-order valence-corrected chi connectivity index (χ3v) is 3.94. The van der Waals surface area contributed by atoms with Crippen LogP contribution in [-0.2, 0) is 16.0 Å². The van der Waals surface area contributed by atoms with Crippen molar-refractivity contribution in [2.24, 2.45) is 0 Å². The summed E-state index contributed by atoms with van der Waals surface area (Å²) in [6, 6.07) is 4.28. The summed E-state index contributed by atoms with van der Waals surface area (Å²) in [6.07, 6.45) is 1.38. The van der Waals surface area contributed by atoms with Gasteiger partial charge in [-0.25, -0.2) is 4.79 Å². The first-order chi connectivity index (χ1) is 8.99. The van der Waals surface area contributed by atoms with Crippen LogP contribution >= 0.6 is 23.2 Å². The van der Waals surface area contributed by atoms with E-state index in [4.69, 9.17) is 28.3 Å². The van der Waals surface area contributed by atoms with E-state index < -0.39 is 12.0 Å². The van der Waals surface area contributed by atoms with Gasteiger partial charge in [0.05, 0.1) is 16.5 Å². The summed E-state index contributed by atoms with van der Waals surface area (Å²) in [5, 5.41) is 9.87. The number of benzene rings is 1. The molecule has 4 nitrogen and oxygen atoms in total. The number of amides is 1. The number of halogens is 2. The van der Waals surface area contributed by atoms with Gasteiger partial charge in [0.1, 0.15) is 6.04 Å². The molecule has 0 unspecified atom stereocenters. The molecule has 0 bridgehead atoms. The summed E-state index contributed by atoms with van der Waals surface area (Å²) in [4.78, 5) is 24.6. The van der Waals surface area contributed by atoms with Crippen molar-refractivity contribution in [3.05, 3.63) is 33.8 Å². The summed E-state index contributed by atoms with van der Waals surface area (Å²) in [5.74, 6) is -1.14. The number of carbonyl (C=O) groups is 2. The first-order valence-electron chi connectivity index (χ1n) is 5.95. The van der Waals surface area contributed by atoms with E-state index in [1.807, 2.05) is 0 Å². The lowest BCUT2D eigenvalue weighted by atomic mass is 10.1. The molecule has 1 N–H and O–H groups in total. The van der Waals surface area contributed by atoms with E-state index in [0.29, 0.717) is 23.0 Å². The number of carbonyl (C=O) groups excluding carboxylic acids is 1. The van der Waals surface area contributed by atoms with E-state index in [1.165, 1.54) is 4.90 Å². The maximum absolute atomic E-state index is 12.1. The summed E-state index contributed by atoms with van der Waals surface area (Å²) in [6.45, 7) is 0.497. The molecule has 1 atom stereocenters. The molecule has 1 aromatic carbocycles. The highest BCUT2D eigenvalue weighted by Gasteiger charge is 2.33. The van der Waals surface area contributed by atoms with Crippen molar-refractivity contribution in [1.82, 2.24) is 4.90 Å². The standard InChI is InChI=1S/C13H13Cl2NO3/c14-9-4-3-8(6-10(9)15)7-12(17)16-5-1-2-11(16)13(18)19/h3-4,6,11H,1-2,5,7H2,(H,18,19)/t11-/m1/s1. The smallest absolute Gasteiger partial charge is 0.326 e. The van der Waals surface area contributed by atoms with Gasteiger partial charge in [0.2, 0.25) is 5.91 Å². The molecular formula is C13H13Cl2NO3. The number of nitrogens with zero attached hydrogens (tertiary/aromatic N) is 1. The van der Waals surface area contributed by atoms with Crippen molar-refractivity contribution in [3.8, 4) is 0 Å². The number of hydrogen-bond donors (Lipinski definition) is 1. The molecule has 0 aliphatic carbocycles. The molecule has 0 radical (unpaired) electrons. The van der Waals surface area contributed by atoms with Gasteiger partial charge in [-0.05, 0) is 30.5 Å². The lowest BCUT2D eigenvalue weighted by Gasteiger charge is -2.21. The minimum atomic E-state index is -0.944. The van der Waals surface area contributed by atoms with Crippen LogP contribution in [0.25, 0.3) is 0 Å². The molecule has 1 heterocycles. The highest BCUT2D eigenvalue weighted by molar-refractivity contribution is 6.42. The maximum Gasteiger partial charge on any atom is 0.326 e. The van der Waals surface area contributed by atoms with Gasteiger partial charge in [-0.2, -0.15) is 0 Å². The first kappa shape index (κ1) is 14.2. The zero-order valence-corrected chi connectivity index (χ0v) is 11.6. The highest BCUT2D eigenvalue weighted by atomic mass is 35.5. The second-order valence-corrected chi connectivity index (χ2v) is 5.32. The van der Waals surface area contributed by atoms with Crippen LogP contribution in [0.4, 0.5) is 0 Å². The van der Waals surface area contributed by atoms with E-state index in [1.54, 1.807) is 18.2 Å². The summed E-state index contributed by atoms with van der Waals surface area (Å²) < 4.78 is 0. The molecule has 1 aliphatic rings. The minimum Gasteiger partial charge on any atom is -0.480 e. The fraction of sp³-hybridized carbons (Fsp3) is 0.385. The average molecular weight is 302 g/mol. The molecule has 1 aromatic rings. The van der Waals surface area contributed by atoms with E-state index in [-0.39, 0.29) is 12.3 Å². The molecule has 1 amide bonds. The van der Waals surface area contributed by atoms with Crippen molar-refractivity contribution in [2.75, 3.05) is 6.54 Å². The Morgan fingerprint density at radius 2 is 2.05 bits per heavy atom. The molecule has 0 spiro atoms. The molecule has 2 rings (SSSR count). The van der Waals surface area contributed by atoms with Crippen LogP contribution in [0.15, 0.2) is 18.2 Å². The molecule has 0 aromatic heterocycles. The van der Waals surface area contributed by atoms with Crippen LogP contribution in [0, 0.1) is 0 Å². The van der Waals surface area contributed by atoms with Crippen LogP contribution in [0.3, 0.4) is 0 Å². The van der Waals surface area contributed by atoms with Crippen molar-refractivity contribution in [3.63, 3.8) is 0 Å². The Hall–Kier alpha value is -1.26. The van der Waals surface area contributed by atoms with E-state index in [2.05, 4.69) is 0 Å². The number of aliphatic carboxylic acids is 1. The van der Waals surface area contributed by atoms with Gasteiger partial charge in [-0.1, -0.05) is 29.3 Å². The zero-order valence-electron chi connectivity index (χ0n) is 10.1. The lowest BCUT2D eigenvalue weighted by Crippen LogP contribution is -2.41. The van der Waals surface area contributed by atoms with Crippen LogP contribution < -0.4 is 0 Å². The molecule has 1 aliphatic heterocycles. The van der Waals surface area contributed by atoms with Gasteiger partial charge in [0, 0.05) is 6.54 Å². The van der Waals surface area contributed by atoms with Gasteiger partial charge < -0.3 is 10.0 Å². The Morgan fingerprint density at radius 3 is 2.68 bits per heavy atom. The lowest BCUT2D eigenvalue weighted by molar-refractivity contribution is -0.148. The fourth-order valence-electron chi connectivity index (χ4n) is 2.25. The van der Waals surface area contributed by atoms with Gasteiger partial charge in [-0.3, -0.25) is 4.79 Å². The Balaban J connectivity index is 2.08. The molecule has 1 fully saturated rings. The third kappa shape index (κ3) is 3.19. The molecule has 1 saturated heterocycles. The molecule has 0 saturated carbocycles. The topological polar surface area (TPSA) is 57.6 Å². The Morgan fingerprint density at radius 1 is 1.32 bits per heavy atom. The quantitative estimate of drug-likeness (QED) is 0.933. The second-order valence-electron chi connectivity index (χ2n) is 4.51. The van der Waals surface area contributed by atoms with E-state index in [0.717, 1.165) is 12.0 Å². The molecular weight excluding hydrogens is 289 g/mol. The summed E-state index contributed by atoms with van der Waals surface area (Å²) in [7, 11) is 0. The SMILES string of the molecule is O=C(O)[C@H]1CCCN1C(=O)Cc1ccc(Cl)c(Cl)c1. The number of carboxylic acid groups (broad SMARTS) is 1. The normalized spacial score (nSPS) is 18.6. The van der Waals surface area contributed by atoms with Crippen LogP contribution in [0.5, 0.6) is 0 Å². The number of rotatable bonds is 3. The van der Waals surface area contributed by atoms with Gasteiger partial charge >= 0.3 is 5.97 Å². The number of likely N-dealkylation sites (tertiary alicyclic amines) is 1. The summed E-state index contributed by atoms with van der Waals surface area (Å²) in [5.41, 5.74) is 0.732. The average Bonchev–Trinajstić information content (AvgIpc) is 2.83. The van der Waals surface area contributed by atoms with E-state index >= 15 is 0 Å². The summed E-state index contributed by atoms with van der Waals surface area (Å²) >= 11 is 11.7. The largest absolute Gasteiger partial charge is 0.480 e. The monoisotopic (exact) mass is 301 g/mol. The van der Waals surface area contributed by atoms with Crippen molar-refractivity contribution >= 4 is 35.1 Å². The molecule has 102 valence electrons. The zero-order chi connectivity index (χ0) is 14.0. The third-order valence-electron chi connectivity index (χ3n) is 3.20. The van der Waals surface area contributed by atoms with Gasteiger partial charge in [-0.15, -0.1) is 0 Å². The van der Waals surface area contributed by atoms with Gasteiger partial charge in [0.25, 0.3) is 0 Å². The fourth-order valence-corrected chi connectivity index (χ4v) is 2.57. The Kier molecular flexibility index (Phi) is 4.32. The Bertz CT molecular complexity index is 519. The van der Waals surface area contributed by atoms with Gasteiger partial charge in [0.15, 0.2) is 0 Å². The van der Waals surface area contributed by atoms with Crippen molar-refractivity contribution in [2.45, 2.75) is 25.3 Å². The second kappa shape index (κ2) is 5.80. The van der Waals surface area contributed by atoms with Crippen molar-refractivity contribution < 1.29 is 14.7 Å². The highest BCUT2D eigenvalue weighted by Crippen LogP contribution is 2.24. The molecule has 6 heteroatoms. The Labute approximate surface area is 120 Å². The van der Waals surface area contributed by atoms with E-state index in [9.17, 15) is 9.59 Å². The van der Waals surface area contributed by atoms with Crippen LogP contribution in [-0.4, -0.2) is 34.5 Å². The first-order valence-corrected chi connectivity index (χ1v) is 6.71. The number of carboxylic acids is 1. The van der Waals surface area contributed by atoms with Crippen LogP contribution in [0.1, 0.15) is 18.4 Å². The van der Waals surface area contributed by atoms with Crippen LogP contribution in [0.2, 0.25) is 10.0 Å². The molecule has 19 heavy (non-hydrogen) atoms. The predicted molar refractivity (Wildman–Crippen MR) is 72.5 cm³/mol. The van der Waals surface area contributed by atoms with Crippen molar-refractivity contribution in [1.29, 1.82) is 0 Å². The minimum absolute atomic E-state index is 0.140.